The summed E-state index contributed by atoms with van der Waals surface area (Å²) in [6.45, 7) is 3.84. The number of methoxy groups -OCH3 is 1. The Bertz CT molecular complexity index is 567. The summed E-state index contributed by atoms with van der Waals surface area (Å²) in [6, 6.07) is 3.80. The van der Waals surface area contributed by atoms with E-state index in [2.05, 4.69) is 4.99 Å². The number of isocyanates is 1. The largest absolute Gasteiger partial charge is 0.465 e. The van der Waals surface area contributed by atoms with E-state index in [1.54, 1.807) is 12.1 Å². The van der Waals surface area contributed by atoms with Crippen LogP contribution in [0, 0.1) is 13.8 Å². The molecule has 19 heavy (non-hydrogen) atoms. The van der Waals surface area contributed by atoms with Gasteiger partial charge in [0.2, 0.25) is 6.08 Å². The Balaban J connectivity index is 2.56. The monoisotopic (exact) mass is 259 g/mol. The molecule has 0 aromatic heterocycles. The van der Waals surface area contributed by atoms with E-state index in [1.165, 1.54) is 7.11 Å². The maximum absolute atomic E-state index is 11.8. The van der Waals surface area contributed by atoms with Crippen LogP contribution in [0.4, 0.5) is 0 Å². The van der Waals surface area contributed by atoms with Crippen LogP contribution in [0.15, 0.2) is 17.1 Å². The molecule has 100 valence electrons. The third-order valence-electron chi connectivity index (χ3n) is 4.05. The Labute approximate surface area is 112 Å². The molecule has 1 fully saturated rings. The molecule has 0 amide bonds. The number of rotatable bonds is 3. The minimum Gasteiger partial charge on any atom is -0.465 e. The molecular weight excluding hydrogens is 242 g/mol. The van der Waals surface area contributed by atoms with Crippen molar-refractivity contribution < 1.29 is 14.3 Å². The van der Waals surface area contributed by atoms with Crippen molar-refractivity contribution in [1.82, 2.24) is 0 Å². The highest BCUT2D eigenvalue weighted by Gasteiger charge is 2.39. The second-order valence-corrected chi connectivity index (χ2v) is 5.05. The highest BCUT2D eigenvalue weighted by molar-refractivity contribution is 5.91. The number of ether oxygens (including phenoxy) is 1. The van der Waals surface area contributed by atoms with E-state index in [9.17, 15) is 9.59 Å². The fourth-order valence-electron chi connectivity index (χ4n) is 2.51. The summed E-state index contributed by atoms with van der Waals surface area (Å²) in [5.41, 5.74) is 2.88. The van der Waals surface area contributed by atoms with Crippen molar-refractivity contribution in [3.63, 3.8) is 0 Å². The third-order valence-corrected chi connectivity index (χ3v) is 4.05. The Morgan fingerprint density at radius 1 is 1.37 bits per heavy atom. The third kappa shape index (κ3) is 2.20. The lowest BCUT2D eigenvalue weighted by molar-refractivity contribution is 0.0599. The lowest BCUT2D eigenvalue weighted by Gasteiger charge is -2.37. The molecule has 0 spiro atoms. The van der Waals surface area contributed by atoms with E-state index in [-0.39, 0.29) is 5.97 Å². The SMILES string of the molecule is COC(=O)c1cc(C2(N=C=O)CCC2)cc(C)c1C. The van der Waals surface area contributed by atoms with Crippen LogP contribution in [0.1, 0.15) is 46.3 Å². The number of aryl methyl sites for hydroxylation is 1. The van der Waals surface area contributed by atoms with Gasteiger partial charge in [-0.3, -0.25) is 0 Å². The van der Waals surface area contributed by atoms with Crippen LogP contribution in [0.5, 0.6) is 0 Å². The van der Waals surface area contributed by atoms with Crippen LogP contribution in [-0.4, -0.2) is 19.2 Å². The number of carbonyl (C=O) groups excluding carboxylic acids is 2. The van der Waals surface area contributed by atoms with Crippen LogP contribution in [0.2, 0.25) is 0 Å². The minimum absolute atomic E-state index is 0.355. The van der Waals surface area contributed by atoms with E-state index in [4.69, 9.17) is 4.74 Å². The van der Waals surface area contributed by atoms with E-state index >= 15 is 0 Å². The first-order chi connectivity index (χ1) is 9.04. The summed E-state index contributed by atoms with van der Waals surface area (Å²) in [6.07, 6.45) is 4.35. The topological polar surface area (TPSA) is 55.7 Å². The molecule has 4 nitrogen and oxygen atoms in total. The van der Waals surface area contributed by atoms with Gasteiger partial charge in [-0.15, -0.1) is 0 Å². The van der Waals surface area contributed by atoms with Gasteiger partial charge in [-0.1, -0.05) is 6.07 Å². The van der Waals surface area contributed by atoms with Crippen molar-refractivity contribution >= 4 is 12.0 Å². The van der Waals surface area contributed by atoms with Crippen molar-refractivity contribution in [2.75, 3.05) is 7.11 Å². The van der Waals surface area contributed by atoms with E-state index in [0.29, 0.717) is 5.56 Å². The minimum atomic E-state index is -0.483. The van der Waals surface area contributed by atoms with Gasteiger partial charge < -0.3 is 4.74 Å². The highest BCUT2D eigenvalue weighted by atomic mass is 16.5. The van der Waals surface area contributed by atoms with Gasteiger partial charge >= 0.3 is 5.97 Å². The molecule has 1 aromatic rings. The Kier molecular flexibility index (Phi) is 3.54. The number of nitrogens with zero attached hydrogens (tertiary/aromatic N) is 1. The molecule has 0 heterocycles. The predicted octanol–water partition coefficient (Wildman–Crippen LogP) is 2.81. The summed E-state index contributed by atoms with van der Waals surface area (Å²) in [7, 11) is 1.37. The van der Waals surface area contributed by atoms with Crippen molar-refractivity contribution in [2.24, 2.45) is 4.99 Å². The van der Waals surface area contributed by atoms with Crippen LogP contribution in [0.25, 0.3) is 0 Å². The fraction of sp³-hybridized carbons (Fsp3) is 0.467. The van der Waals surface area contributed by atoms with Crippen LogP contribution >= 0.6 is 0 Å². The standard InChI is InChI=1S/C15H17NO3/c1-10-7-12(15(16-9-17)5-4-6-15)8-13(11(10)2)14(18)19-3/h7-8H,4-6H2,1-3H3. The van der Waals surface area contributed by atoms with Crippen molar-refractivity contribution in [2.45, 2.75) is 38.6 Å². The number of aliphatic imine (C=N–C) groups is 1. The summed E-state index contributed by atoms with van der Waals surface area (Å²) in [5, 5.41) is 0. The lowest BCUT2D eigenvalue weighted by Crippen LogP contribution is -2.32. The van der Waals surface area contributed by atoms with Gasteiger partial charge in [-0.2, -0.15) is 4.99 Å². The maximum Gasteiger partial charge on any atom is 0.338 e. The molecule has 1 aromatic carbocycles. The molecule has 2 rings (SSSR count). The number of esters is 1. The number of carbonyl (C=O) groups is 1. The first kappa shape index (κ1) is 13.5. The Hall–Kier alpha value is -1.93. The van der Waals surface area contributed by atoms with Gasteiger partial charge in [0.25, 0.3) is 0 Å². The molecule has 0 radical (unpaired) electrons. The van der Waals surface area contributed by atoms with Gasteiger partial charge in [0.05, 0.1) is 18.2 Å². The molecule has 1 aliphatic carbocycles. The predicted molar refractivity (Wildman–Crippen MR) is 70.9 cm³/mol. The average Bonchev–Trinajstić information content (AvgIpc) is 2.36. The molecule has 1 aliphatic rings. The second kappa shape index (κ2) is 4.98. The Morgan fingerprint density at radius 3 is 2.53 bits per heavy atom. The van der Waals surface area contributed by atoms with Crippen LogP contribution < -0.4 is 0 Å². The summed E-state index contributed by atoms with van der Waals surface area (Å²) >= 11 is 0. The van der Waals surface area contributed by atoms with Crippen LogP contribution in [-0.2, 0) is 15.1 Å². The number of hydrogen-bond donors (Lipinski definition) is 0. The summed E-state index contributed by atoms with van der Waals surface area (Å²) in [5.74, 6) is -0.355. The van der Waals surface area contributed by atoms with Gasteiger partial charge in [-0.05, 0) is 55.9 Å². The summed E-state index contributed by atoms with van der Waals surface area (Å²) < 4.78 is 4.80. The molecule has 0 N–H and O–H groups in total. The molecule has 1 saturated carbocycles. The average molecular weight is 259 g/mol. The van der Waals surface area contributed by atoms with Gasteiger partial charge in [-0.25, -0.2) is 9.59 Å². The molecule has 0 unspecified atom stereocenters. The molecule has 4 heteroatoms. The summed E-state index contributed by atoms with van der Waals surface area (Å²) in [4.78, 5) is 26.4. The van der Waals surface area contributed by atoms with Crippen molar-refractivity contribution in [1.29, 1.82) is 0 Å². The zero-order valence-corrected chi connectivity index (χ0v) is 11.4. The molecule has 0 atom stereocenters. The number of hydrogen-bond acceptors (Lipinski definition) is 4. The second-order valence-electron chi connectivity index (χ2n) is 5.05. The lowest BCUT2D eigenvalue weighted by atomic mass is 9.71. The Morgan fingerprint density at radius 2 is 2.05 bits per heavy atom. The molecule has 0 aliphatic heterocycles. The molecule has 0 saturated heterocycles. The maximum atomic E-state index is 11.8. The van der Waals surface area contributed by atoms with Gasteiger partial charge in [0, 0.05) is 0 Å². The van der Waals surface area contributed by atoms with Gasteiger partial charge in [0.1, 0.15) is 0 Å². The quantitative estimate of drug-likeness (QED) is 0.476. The fourth-order valence-corrected chi connectivity index (χ4v) is 2.51. The van der Waals surface area contributed by atoms with Crippen molar-refractivity contribution in [3.05, 3.63) is 34.4 Å². The van der Waals surface area contributed by atoms with E-state index in [0.717, 1.165) is 36.0 Å². The normalized spacial score (nSPS) is 16.2. The van der Waals surface area contributed by atoms with Crippen molar-refractivity contribution in [3.8, 4) is 0 Å². The zero-order chi connectivity index (χ0) is 14.0. The first-order valence-electron chi connectivity index (χ1n) is 6.33. The highest BCUT2D eigenvalue weighted by Crippen LogP contribution is 2.45. The van der Waals surface area contributed by atoms with Crippen LogP contribution in [0.3, 0.4) is 0 Å². The van der Waals surface area contributed by atoms with E-state index < -0.39 is 5.54 Å². The number of benzene rings is 1. The van der Waals surface area contributed by atoms with E-state index in [1.807, 2.05) is 19.9 Å². The molecular formula is C15H17NO3. The first-order valence-corrected chi connectivity index (χ1v) is 6.33. The smallest absolute Gasteiger partial charge is 0.338 e. The zero-order valence-electron chi connectivity index (χ0n) is 11.4. The van der Waals surface area contributed by atoms with Gasteiger partial charge in [0.15, 0.2) is 0 Å². The molecule has 0 bridgehead atoms.